The molecule has 6 aromatic rings. The molecule has 13 nitrogen and oxygen atoms in total. The number of esters is 2. The molecule has 0 spiro atoms. The van der Waals surface area contributed by atoms with Gasteiger partial charge in [-0.3, -0.25) is 13.6 Å². The van der Waals surface area contributed by atoms with Gasteiger partial charge < -0.3 is 18.9 Å². The first-order valence-corrected chi connectivity index (χ1v) is 18.8. The van der Waals surface area contributed by atoms with Crippen LogP contribution in [0.25, 0.3) is 5.57 Å². The normalized spacial score (nSPS) is 13.2. The number of nitrogens with zero attached hydrogens (tertiary/aromatic N) is 9. The fraction of sp³-hybridized carbons (Fsp3) is 0.233. The molecular formula is C43H42BF2N9O4. The molecular weight excluding hydrogens is 755 g/mol. The van der Waals surface area contributed by atoms with E-state index in [0.29, 0.717) is 71.4 Å². The summed E-state index contributed by atoms with van der Waals surface area (Å²) in [7, 11) is -0.0455. The van der Waals surface area contributed by atoms with Gasteiger partial charge in [-0.15, -0.1) is 10.2 Å². The highest BCUT2D eigenvalue weighted by Gasteiger charge is 2.29. The number of hydrogen-bond donors (Lipinski definition) is 0. The number of halogens is 2. The molecule has 300 valence electrons. The lowest BCUT2D eigenvalue weighted by Gasteiger charge is -2.24. The minimum atomic E-state index is -2.74. The standard InChI is InChI=1S/C43H42BF2N9O4/c1-27-19-29(3)47-40(27)39(41-28(2)20-30(4)55(41)44(45)46)33-15-17-38(18-16-33)52(23-36-25-53(50-48-36)21-31-7-11-34(12-8-31)42(56)58-5)24-37-26-54(51-49-37)22-32-9-13-35(14-10-32)43(57)59-6/h7-20,25-26H,21-24H2,1-6H3/b40-39-. The molecule has 0 radical (unpaired) electrons. The average Bonchev–Trinajstić information content (AvgIpc) is 4.01. The van der Waals surface area contributed by atoms with Crippen molar-refractivity contribution >= 4 is 36.3 Å². The smallest absolute Gasteiger partial charge is 0.465 e. The van der Waals surface area contributed by atoms with Gasteiger partial charge in [0.2, 0.25) is 0 Å². The highest BCUT2D eigenvalue weighted by Crippen LogP contribution is 2.38. The molecule has 0 amide bonds. The lowest BCUT2D eigenvalue weighted by atomic mass is 9.94. The van der Waals surface area contributed by atoms with Gasteiger partial charge in [0.1, 0.15) is 11.4 Å². The number of ether oxygens (including phenoxy) is 2. The topological polar surface area (TPSA) is 135 Å². The SMILES string of the molecule is COC(=O)c1ccc(Cn2cc(CN(Cc3cn(Cc4ccc(C(=O)OC)cc4)nn3)c3ccc(/C(=C4/N=C(C)C=C4C)c4c(C)cc(C)n4B(F)F)cc3)nn2)cc1. The van der Waals surface area contributed by atoms with Gasteiger partial charge in [0, 0.05) is 28.4 Å². The number of rotatable bonds is 14. The molecule has 3 aromatic heterocycles. The van der Waals surface area contributed by atoms with Crippen LogP contribution in [-0.4, -0.2) is 73.7 Å². The second kappa shape index (κ2) is 17.3. The van der Waals surface area contributed by atoms with Gasteiger partial charge in [0.15, 0.2) is 0 Å². The Morgan fingerprint density at radius 2 is 1.20 bits per heavy atom. The van der Waals surface area contributed by atoms with Crippen molar-refractivity contribution in [3.8, 4) is 0 Å². The molecule has 0 bridgehead atoms. The van der Waals surface area contributed by atoms with Crippen molar-refractivity contribution in [3.63, 3.8) is 0 Å². The van der Waals surface area contributed by atoms with Crippen molar-refractivity contribution in [1.29, 1.82) is 0 Å². The Labute approximate surface area is 340 Å². The number of hydrogen-bond acceptors (Lipinski definition) is 10. The molecule has 1 aliphatic heterocycles. The van der Waals surface area contributed by atoms with Crippen LogP contribution < -0.4 is 4.90 Å². The zero-order valence-corrected chi connectivity index (χ0v) is 33.6. The molecule has 59 heavy (non-hydrogen) atoms. The summed E-state index contributed by atoms with van der Waals surface area (Å²) in [6.45, 7) is 8.95. The molecule has 0 unspecified atom stereocenters. The van der Waals surface area contributed by atoms with Gasteiger partial charge >= 0.3 is 19.3 Å². The minimum Gasteiger partial charge on any atom is -0.465 e. The van der Waals surface area contributed by atoms with Crippen molar-refractivity contribution in [2.24, 2.45) is 4.99 Å². The number of aromatic nitrogens is 7. The maximum atomic E-state index is 14.6. The maximum absolute atomic E-state index is 14.6. The van der Waals surface area contributed by atoms with E-state index < -0.39 is 19.3 Å². The summed E-state index contributed by atoms with van der Waals surface area (Å²) in [5, 5.41) is 17.7. The van der Waals surface area contributed by atoms with Crippen LogP contribution in [0.15, 0.2) is 114 Å². The van der Waals surface area contributed by atoms with Crippen molar-refractivity contribution in [1.82, 2.24) is 34.5 Å². The molecule has 7 rings (SSSR count). The molecule has 4 heterocycles. The van der Waals surface area contributed by atoms with E-state index in [2.05, 4.69) is 25.5 Å². The molecule has 0 atom stereocenters. The zero-order valence-electron chi connectivity index (χ0n) is 33.6. The van der Waals surface area contributed by atoms with Gasteiger partial charge in [-0.25, -0.2) is 19.0 Å². The van der Waals surface area contributed by atoms with Gasteiger partial charge in [-0.1, -0.05) is 46.8 Å². The van der Waals surface area contributed by atoms with E-state index in [9.17, 15) is 18.2 Å². The van der Waals surface area contributed by atoms with E-state index >= 15 is 0 Å². The van der Waals surface area contributed by atoms with Crippen LogP contribution in [0.3, 0.4) is 0 Å². The predicted octanol–water partition coefficient (Wildman–Crippen LogP) is 7.12. The van der Waals surface area contributed by atoms with Crippen LogP contribution >= 0.6 is 0 Å². The van der Waals surface area contributed by atoms with E-state index in [1.54, 1.807) is 46.6 Å². The number of benzene rings is 3. The van der Waals surface area contributed by atoms with Crippen LogP contribution in [0.5, 0.6) is 0 Å². The predicted molar refractivity (Wildman–Crippen MR) is 220 cm³/mol. The van der Waals surface area contributed by atoms with Crippen LogP contribution in [0, 0.1) is 13.8 Å². The average molecular weight is 798 g/mol. The van der Waals surface area contributed by atoms with Gasteiger partial charge in [-0.2, -0.15) is 0 Å². The maximum Gasteiger partial charge on any atom is 0.677 e. The van der Waals surface area contributed by atoms with Crippen LogP contribution in [-0.2, 0) is 35.7 Å². The molecule has 0 saturated carbocycles. The number of carbonyl (C=O) groups excluding carboxylic acids is 2. The third-order valence-electron chi connectivity index (χ3n) is 10.0. The second-order valence-corrected chi connectivity index (χ2v) is 14.4. The van der Waals surface area contributed by atoms with E-state index in [0.717, 1.165) is 43.7 Å². The Hall–Kier alpha value is -6.97. The first-order valence-electron chi connectivity index (χ1n) is 18.8. The van der Waals surface area contributed by atoms with Crippen molar-refractivity contribution in [2.75, 3.05) is 19.1 Å². The quantitative estimate of drug-likeness (QED) is 0.0835. The highest BCUT2D eigenvalue weighted by molar-refractivity contribution is 6.41. The van der Waals surface area contributed by atoms with Crippen LogP contribution in [0.1, 0.15) is 79.6 Å². The van der Waals surface area contributed by atoms with Crippen molar-refractivity contribution in [3.05, 3.63) is 165 Å². The van der Waals surface area contributed by atoms with Crippen LogP contribution in [0.2, 0.25) is 0 Å². The Kier molecular flexibility index (Phi) is 11.8. The van der Waals surface area contributed by atoms with Crippen LogP contribution in [0.4, 0.5) is 14.3 Å². The lowest BCUT2D eigenvalue weighted by molar-refractivity contribution is 0.0592. The molecule has 0 aliphatic carbocycles. The summed E-state index contributed by atoms with van der Waals surface area (Å²) < 4.78 is 43.4. The second-order valence-electron chi connectivity index (χ2n) is 14.4. The number of aryl methyl sites for hydroxylation is 2. The summed E-state index contributed by atoms with van der Waals surface area (Å²) in [5.41, 5.74) is 10.3. The summed E-state index contributed by atoms with van der Waals surface area (Å²) in [6, 6.07) is 23.8. The minimum absolute atomic E-state index is 0.355. The van der Waals surface area contributed by atoms with Gasteiger partial charge in [-0.05, 0) is 104 Å². The number of aliphatic imine (C=N–C) groups is 1. The lowest BCUT2D eigenvalue weighted by Crippen LogP contribution is -2.22. The van der Waals surface area contributed by atoms with Crippen molar-refractivity contribution < 1.29 is 27.7 Å². The summed E-state index contributed by atoms with van der Waals surface area (Å²) in [4.78, 5) is 30.7. The number of methoxy groups -OCH3 is 2. The molecule has 1 aliphatic rings. The monoisotopic (exact) mass is 797 g/mol. The Bertz CT molecular complexity index is 2490. The van der Waals surface area contributed by atoms with Gasteiger partial charge in [0.25, 0.3) is 0 Å². The molecule has 3 aromatic carbocycles. The Morgan fingerprint density at radius 1 is 0.712 bits per heavy atom. The molecule has 0 saturated heterocycles. The Balaban J connectivity index is 1.19. The number of anilines is 1. The van der Waals surface area contributed by atoms with E-state index in [-0.39, 0.29) is 0 Å². The summed E-state index contributed by atoms with van der Waals surface area (Å²) >= 11 is 0. The molecule has 0 fully saturated rings. The molecule has 16 heteroatoms. The fourth-order valence-corrected chi connectivity index (χ4v) is 7.25. The third-order valence-corrected chi connectivity index (χ3v) is 10.0. The number of carbonyl (C=O) groups is 2. The van der Waals surface area contributed by atoms with Crippen molar-refractivity contribution in [2.45, 2.75) is 53.9 Å². The summed E-state index contributed by atoms with van der Waals surface area (Å²) in [6.07, 6.45) is 5.69. The first-order chi connectivity index (χ1) is 28.4. The van der Waals surface area contributed by atoms with E-state index in [1.807, 2.05) is 87.8 Å². The summed E-state index contributed by atoms with van der Waals surface area (Å²) in [5.74, 6) is -0.811. The number of allylic oxidation sites excluding steroid dienone is 2. The molecule has 0 N–H and O–H groups in total. The first kappa shape index (κ1) is 40.2. The van der Waals surface area contributed by atoms with E-state index in [1.165, 1.54) is 14.2 Å². The zero-order chi connectivity index (χ0) is 41.8. The largest absolute Gasteiger partial charge is 0.677 e. The van der Waals surface area contributed by atoms with E-state index in [4.69, 9.17) is 14.5 Å². The third kappa shape index (κ3) is 8.96. The highest BCUT2D eigenvalue weighted by atomic mass is 19.2. The fourth-order valence-electron chi connectivity index (χ4n) is 7.25. The van der Waals surface area contributed by atoms with Gasteiger partial charge in [0.05, 0.1) is 69.6 Å². The Morgan fingerprint density at radius 3 is 1.64 bits per heavy atom.